The molecular formula is C21H28N4O5S. The summed E-state index contributed by atoms with van der Waals surface area (Å²) >= 11 is 1.69. The van der Waals surface area contributed by atoms with E-state index in [0.29, 0.717) is 30.2 Å². The third-order valence-electron chi connectivity index (χ3n) is 5.01. The van der Waals surface area contributed by atoms with E-state index in [0.717, 1.165) is 36.8 Å². The molecule has 2 heterocycles. The van der Waals surface area contributed by atoms with Gasteiger partial charge in [-0.05, 0) is 18.6 Å². The predicted molar refractivity (Wildman–Crippen MR) is 117 cm³/mol. The molecule has 168 valence electrons. The highest BCUT2D eigenvalue weighted by molar-refractivity contribution is 7.09. The average Bonchev–Trinajstić information content (AvgIpc) is 3.24. The first-order chi connectivity index (χ1) is 14.9. The highest BCUT2D eigenvalue weighted by atomic mass is 32.1. The quantitative estimate of drug-likeness (QED) is 0.620. The average molecular weight is 449 g/mol. The number of methoxy groups -OCH3 is 2. The number of hydrogen-bond acceptors (Lipinski definition) is 8. The number of aryl methyl sites for hydroxylation is 1. The lowest BCUT2D eigenvalue weighted by atomic mass is 10.1. The molecule has 1 saturated heterocycles. The van der Waals surface area contributed by atoms with Crippen molar-refractivity contribution in [3.05, 3.63) is 33.8 Å². The molecule has 0 unspecified atom stereocenters. The van der Waals surface area contributed by atoms with Gasteiger partial charge in [0, 0.05) is 43.7 Å². The second kappa shape index (κ2) is 10.5. The number of aromatic nitrogens is 1. The number of rotatable bonds is 9. The van der Waals surface area contributed by atoms with Crippen LogP contribution in [-0.2, 0) is 17.8 Å². The maximum Gasteiger partial charge on any atom is 0.255 e. The van der Waals surface area contributed by atoms with Crippen LogP contribution in [0.4, 0.5) is 0 Å². The van der Waals surface area contributed by atoms with Crippen molar-refractivity contribution < 1.29 is 23.8 Å². The summed E-state index contributed by atoms with van der Waals surface area (Å²) in [7, 11) is 2.92. The van der Waals surface area contributed by atoms with Crippen LogP contribution in [0.1, 0.15) is 28.0 Å². The van der Waals surface area contributed by atoms with Gasteiger partial charge < -0.3 is 24.8 Å². The minimum Gasteiger partial charge on any atom is -0.493 e. The van der Waals surface area contributed by atoms with Crippen LogP contribution in [0.5, 0.6) is 17.2 Å². The van der Waals surface area contributed by atoms with Gasteiger partial charge in [0.05, 0.1) is 24.9 Å². The summed E-state index contributed by atoms with van der Waals surface area (Å²) in [6.07, 6.45) is 0.951. The smallest absolute Gasteiger partial charge is 0.255 e. The van der Waals surface area contributed by atoms with Crippen LogP contribution in [-0.4, -0.2) is 73.6 Å². The van der Waals surface area contributed by atoms with Gasteiger partial charge >= 0.3 is 0 Å². The van der Waals surface area contributed by atoms with Gasteiger partial charge in [-0.2, -0.15) is 0 Å². The molecule has 0 aliphatic carbocycles. The lowest BCUT2D eigenvalue weighted by Crippen LogP contribution is -2.48. The molecule has 0 atom stereocenters. The Morgan fingerprint density at radius 3 is 2.29 bits per heavy atom. The number of carbonyl (C=O) groups excluding carboxylic acids is 2. The van der Waals surface area contributed by atoms with E-state index in [9.17, 15) is 9.59 Å². The zero-order valence-corrected chi connectivity index (χ0v) is 18.9. The van der Waals surface area contributed by atoms with Crippen molar-refractivity contribution in [1.29, 1.82) is 0 Å². The van der Waals surface area contributed by atoms with Crippen molar-refractivity contribution in [2.45, 2.75) is 19.9 Å². The summed E-state index contributed by atoms with van der Waals surface area (Å²) in [6, 6.07) is 3.18. The van der Waals surface area contributed by atoms with Gasteiger partial charge in [-0.1, -0.05) is 6.92 Å². The van der Waals surface area contributed by atoms with Gasteiger partial charge in [0.1, 0.15) is 0 Å². The van der Waals surface area contributed by atoms with Gasteiger partial charge in [-0.3, -0.25) is 14.5 Å². The Balaban J connectivity index is 1.66. The van der Waals surface area contributed by atoms with E-state index >= 15 is 0 Å². The lowest BCUT2D eigenvalue weighted by Gasteiger charge is -2.34. The van der Waals surface area contributed by atoms with E-state index in [2.05, 4.69) is 22.2 Å². The summed E-state index contributed by atoms with van der Waals surface area (Å²) in [4.78, 5) is 32.9. The largest absolute Gasteiger partial charge is 0.493 e. The zero-order valence-electron chi connectivity index (χ0n) is 18.1. The van der Waals surface area contributed by atoms with E-state index in [-0.39, 0.29) is 18.3 Å². The predicted octanol–water partition coefficient (Wildman–Crippen LogP) is 1.54. The normalized spacial score (nSPS) is 14.4. The first kappa shape index (κ1) is 22.8. The number of hydrogen-bond donors (Lipinski definition) is 1. The number of ether oxygens (including phenoxy) is 3. The first-order valence-electron chi connectivity index (χ1n) is 10.1. The fourth-order valence-corrected chi connectivity index (χ4v) is 4.13. The molecule has 0 saturated carbocycles. The Bertz CT molecular complexity index is 899. The maximum absolute atomic E-state index is 13.1. The Labute approximate surface area is 185 Å². The molecule has 2 amide bonds. The molecule has 0 radical (unpaired) electrons. The molecule has 1 aliphatic rings. The molecule has 10 heteroatoms. The van der Waals surface area contributed by atoms with E-state index in [4.69, 9.17) is 19.9 Å². The van der Waals surface area contributed by atoms with Crippen molar-refractivity contribution in [2.24, 2.45) is 5.73 Å². The summed E-state index contributed by atoms with van der Waals surface area (Å²) in [5, 5.41) is 3.26. The molecule has 2 N–H and O–H groups in total. The molecule has 0 bridgehead atoms. The van der Waals surface area contributed by atoms with Crippen molar-refractivity contribution in [1.82, 2.24) is 14.8 Å². The number of amides is 2. The second-order valence-electron chi connectivity index (χ2n) is 7.12. The van der Waals surface area contributed by atoms with Crippen molar-refractivity contribution in [3.63, 3.8) is 0 Å². The minimum atomic E-state index is -0.620. The molecule has 31 heavy (non-hydrogen) atoms. The number of nitrogens with zero attached hydrogens (tertiary/aromatic N) is 3. The van der Waals surface area contributed by atoms with Crippen LogP contribution >= 0.6 is 11.3 Å². The number of piperazine rings is 1. The third-order valence-corrected chi connectivity index (χ3v) is 6.06. The Morgan fingerprint density at radius 1 is 1.13 bits per heavy atom. The molecule has 9 nitrogen and oxygen atoms in total. The van der Waals surface area contributed by atoms with Crippen molar-refractivity contribution in [3.8, 4) is 17.2 Å². The fraction of sp³-hybridized carbons (Fsp3) is 0.476. The van der Waals surface area contributed by atoms with Crippen LogP contribution < -0.4 is 19.9 Å². The standard InChI is InChI=1S/C21H28N4O5S/c1-4-19-23-15(13-31-19)11-24-5-7-25(8-6-24)21(27)14-9-16(28-2)20(17(10-14)29-3)30-12-18(22)26/h9-10,13H,4-8,11-12H2,1-3H3,(H2,22,26). The molecule has 1 aromatic heterocycles. The van der Waals surface area contributed by atoms with Crippen LogP contribution in [0.15, 0.2) is 17.5 Å². The number of benzene rings is 1. The van der Waals surface area contributed by atoms with Crippen LogP contribution in [0.2, 0.25) is 0 Å². The van der Waals surface area contributed by atoms with Gasteiger partial charge in [0.25, 0.3) is 11.8 Å². The number of nitrogens with two attached hydrogens (primary N) is 1. The molecular weight excluding hydrogens is 420 g/mol. The third kappa shape index (κ3) is 5.65. The molecule has 3 rings (SSSR count). The highest BCUT2D eigenvalue weighted by Gasteiger charge is 2.25. The minimum absolute atomic E-state index is 0.111. The topological polar surface area (TPSA) is 107 Å². The fourth-order valence-electron chi connectivity index (χ4n) is 3.39. The summed E-state index contributed by atoms with van der Waals surface area (Å²) in [5.74, 6) is 0.112. The lowest BCUT2D eigenvalue weighted by molar-refractivity contribution is -0.120. The SMILES string of the molecule is CCc1nc(CN2CCN(C(=O)c3cc(OC)c(OCC(N)=O)c(OC)c3)CC2)cs1. The maximum atomic E-state index is 13.1. The summed E-state index contributed by atoms with van der Waals surface area (Å²) in [6.45, 7) is 5.38. The van der Waals surface area contributed by atoms with E-state index < -0.39 is 5.91 Å². The van der Waals surface area contributed by atoms with Gasteiger partial charge in [0.15, 0.2) is 18.1 Å². The van der Waals surface area contributed by atoms with Gasteiger partial charge in [-0.15, -0.1) is 11.3 Å². The number of carbonyl (C=O) groups is 2. The first-order valence-corrected chi connectivity index (χ1v) is 10.9. The zero-order chi connectivity index (χ0) is 22.4. The van der Waals surface area contributed by atoms with Crippen LogP contribution in [0.3, 0.4) is 0 Å². The van der Waals surface area contributed by atoms with Gasteiger partial charge in [-0.25, -0.2) is 4.98 Å². The Hall–Kier alpha value is -2.85. The number of primary amides is 1. The summed E-state index contributed by atoms with van der Waals surface area (Å²) in [5.41, 5.74) is 6.67. The Kier molecular flexibility index (Phi) is 7.69. The van der Waals surface area contributed by atoms with Crippen molar-refractivity contribution in [2.75, 3.05) is 47.0 Å². The monoisotopic (exact) mass is 448 g/mol. The summed E-state index contributed by atoms with van der Waals surface area (Å²) < 4.78 is 16.1. The molecule has 1 aromatic carbocycles. The van der Waals surface area contributed by atoms with Gasteiger partial charge in [0.2, 0.25) is 5.75 Å². The Morgan fingerprint density at radius 2 is 1.77 bits per heavy atom. The van der Waals surface area contributed by atoms with E-state index in [1.807, 2.05) is 4.90 Å². The van der Waals surface area contributed by atoms with Crippen molar-refractivity contribution >= 4 is 23.2 Å². The van der Waals surface area contributed by atoms with E-state index in [1.54, 1.807) is 23.5 Å². The van der Waals surface area contributed by atoms with Crippen LogP contribution in [0.25, 0.3) is 0 Å². The molecule has 2 aromatic rings. The molecule has 1 fully saturated rings. The van der Waals surface area contributed by atoms with E-state index in [1.165, 1.54) is 14.2 Å². The second-order valence-corrected chi connectivity index (χ2v) is 8.06. The van der Waals surface area contributed by atoms with Crippen LogP contribution in [0, 0.1) is 0 Å². The molecule has 1 aliphatic heterocycles. The highest BCUT2D eigenvalue weighted by Crippen LogP contribution is 2.39. The molecule has 0 spiro atoms. The number of thiazole rings is 1.